The van der Waals surface area contributed by atoms with E-state index in [9.17, 15) is 4.79 Å². The molecule has 0 saturated heterocycles. The van der Waals surface area contributed by atoms with Gasteiger partial charge in [0.15, 0.2) is 10.3 Å². The number of benzene rings is 1. The summed E-state index contributed by atoms with van der Waals surface area (Å²) >= 11 is 2.97. The van der Waals surface area contributed by atoms with Gasteiger partial charge in [0.1, 0.15) is 11.6 Å². The van der Waals surface area contributed by atoms with E-state index in [0.717, 1.165) is 33.2 Å². The van der Waals surface area contributed by atoms with Crippen LogP contribution in [-0.4, -0.2) is 55.0 Å². The zero-order valence-corrected chi connectivity index (χ0v) is 21.7. The largest absolute Gasteiger partial charge is 0.494 e. The van der Waals surface area contributed by atoms with Crippen LogP contribution in [0.5, 0.6) is 5.75 Å². The lowest BCUT2D eigenvalue weighted by Gasteiger charge is -2.30. The number of carbonyl (C=O) groups is 1. The number of rotatable bonds is 11. The second-order valence-electron chi connectivity index (χ2n) is 8.14. The van der Waals surface area contributed by atoms with Gasteiger partial charge in [-0.3, -0.25) is 4.79 Å². The van der Waals surface area contributed by atoms with Gasteiger partial charge in [0.2, 0.25) is 5.91 Å². The average Bonchev–Trinajstić information content (AvgIpc) is 3.34. The number of amides is 1. The van der Waals surface area contributed by atoms with Crippen molar-refractivity contribution >= 4 is 39.8 Å². The van der Waals surface area contributed by atoms with Gasteiger partial charge in [-0.2, -0.15) is 0 Å². The number of anilines is 2. The van der Waals surface area contributed by atoms with E-state index in [1.807, 2.05) is 80.8 Å². The molecule has 0 saturated carbocycles. The third kappa shape index (κ3) is 6.70. The maximum Gasteiger partial charge on any atom is 0.233 e. The lowest BCUT2D eigenvalue weighted by atomic mass is 10.2. The molecule has 0 unspecified atom stereocenters. The monoisotopic (exact) mass is 488 g/mol. The highest BCUT2D eigenvalue weighted by Gasteiger charge is 2.21. The van der Waals surface area contributed by atoms with Crippen LogP contribution in [0.2, 0.25) is 0 Å². The Balaban J connectivity index is 1.58. The van der Waals surface area contributed by atoms with Gasteiger partial charge < -0.3 is 19.5 Å². The van der Waals surface area contributed by atoms with Gasteiger partial charge in [-0.1, -0.05) is 11.8 Å². The van der Waals surface area contributed by atoms with Crippen molar-refractivity contribution in [1.29, 1.82) is 0 Å². The molecule has 0 radical (unpaired) electrons. The highest BCUT2D eigenvalue weighted by molar-refractivity contribution is 7.99. The lowest BCUT2D eigenvalue weighted by Crippen LogP contribution is -2.43. The number of nitrogens with zero attached hydrogens (tertiary/aromatic N) is 5. The van der Waals surface area contributed by atoms with Crippen LogP contribution in [0.3, 0.4) is 0 Å². The van der Waals surface area contributed by atoms with E-state index in [-0.39, 0.29) is 18.0 Å². The maximum atomic E-state index is 12.6. The third-order valence-corrected chi connectivity index (χ3v) is 6.77. The van der Waals surface area contributed by atoms with Crippen LogP contribution in [0.1, 0.15) is 46.1 Å². The zero-order valence-electron chi connectivity index (χ0n) is 20.0. The van der Waals surface area contributed by atoms with Crippen LogP contribution >= 0.6 is 23.1 Å². The second kappa shape index (κ2) is 11.5. The Hall–Kier alpha value is -2.59. The summed E-state index contributed by atoms with van der Waals surface area (Å²) in [6, 6.07) is 8.15. The fraction of sp³-hybridized carbons (Fsp3) is 0.478. The quantitative estimate of drug-likeness (QED) is 0.390. The van der Waals surface area contributed by atoms with Gasteiger partial charge in [-0.15, -0.1) is 21.5 Å². The molecule has 1 amide bonds. The van der Waals surface area contributed by atoms with Crippen LogP contribution in [0.15, 0.2) is 34.8 Å². The molecular weight excluding hydrogens is 456 g/mol. The van der Waals surface area contributed by atoms with E-state index < -0.39 is 0 Å². The van der Waals surface area contributed by atoms with Crippen LogP contribution in [0.25, 0.3) is 0 Å². The summed E-state index contributed by atoms with van der Waals surface area (Å²) in [5.41, 5.74) is 1.88. The molecule has 0 aliphatic carbocycles. The molecule has 1 N–H and O–H groups in total. The molecular formula is C23H32N6O2S2. The summed E-state index contributed by atoms with van der Waals surface area (Å²) < 4.78 is 7.42. The highest BCUT2D eigenvalue weighted by atomic mass is 32.2. The van der Waals surface area contributed by atoms with E-state index >= 15 is 0 Å². The van der Waals surface area contributed by atoms with Crippen LogP contribution in [0.4, 0.5) is 10.8 Å². The second-order valence-corrected chi connectivity index (χ2v) is 9.94. The Kier molecular flexibility index (Phi) is 8.74. The van der Waals surface area contributed by atoms with Crippen molar-refractivity contribution in [3.63, 3.8) is 0 Å². The molecule has 0 aliphatic rings. The standard InChI is InChI=1S/C23H32N6O2S2/c1-7-31-19-10-8-17(9-11-19)24-22-25-18(13-32-22)12-20-26-27-23(28(20)6)33-14-21(30)29(15(2)3)16(4)5/h8-11,13,15-16H,7,12,14H2,1-6H3,(H,24,25). The molecule has 8 nitrogen and oxygen atoms in total. The Bertz CT molecular complexity index is 1040. The number of hydrogen-bond acceptors (Lipinski definition) is 8. The Labute approximate surface area is 203 Å². The van der Waals surface area contributed by atoms with Gasteiger partial charge in [0, 0.05) is 30.2 Å². The summed E-state index contributed by atoms with van der Waals surface area (Å²) in [5.74, 6) is 2.11. The first kappa shape index (κ1) is 25.0. The van der Waals surface area contributed by atoms with Crippen molar-refractivity contribution in [2.45, 2.75) is 58.3 Å². The molecule has 1 aromatic carbocycles. The molecule has 10 heteroatoms. The minimum atomic E-state index is 0.110. The van der Waals surface area contributed by atoms with Crippen molar-refractivity contribution in [2.24, 2.45) is 7.05 Å². The van der Waals surface area contributed by atoms with Gasteiger partial charge >= 0.3 is 0 Å². The first-order chi connectivity index (χ1) is 15.8. The number of carbonyl (C=O) groups excluding carboxylic acids is 1. The van der Waals surface area contributed by atoms with Gasteiger partial charge in [-0.25, -0.2) is 4.98 Å². The summed E-state index contributed by atoms with van der Waals surface area (Å²) in [6.07, 6.45) is 0.573. The number of thioether (sulfide) groups is 1. The van der Waals surface area contributed by atoms with E-state index in [4.69, 9.17) is 4.74 Å². The molecule has 2 aromatic heterocycles. The summed E-state index contributed by atoms with van der Waals surface area (Å²) in [7, 11) is 1.93. The average molecular weight is 489 g/mol. The van der Waals surface area contributed by atoms with Crippen LogP contribution < -0.4 is 10.1 Å². The maximum absolute atomic E-state index is 12.6. The van der Waals surface area contributed by atoms with Crippen LogP contribution in [-0.2, 0) is 18.3 Å². The van der Waals surface area contributed by atoms with E-state index in [0.29, 0.717) is 18.8 Å². The zero-order chi connectivity index (χ0) is 24.0. The lowest BCUT2D eigenvalue weighted by molar-refractivity contribution is -0.131. The smallest absolute Gasteiger partial charge is 0.233 e. The predicted octanol–water partition coefficient (Wildman–Crippen LogP) is 4.74. The van der Waals surface area contributed by atoms with Gasteiger partial charge in [0.05, 0.1) is 24.5 Å². The van der Waals surface area contributed by atoms with Crippen molar-refractivity contribution in [3.8, 4) is 5.75 Å². The molecule has 3 rings (SSSR count). The first-order valence-corrected chi connectivity index (χ1v) is 12.9. The molecule has 0 atom stereocenters. The third-order valence-electron chi connectivity index (χ3n) is 4.96. The number of ether oxygens (including phenoxy) is 1. The molecule has 2 heterocycles. The van der Waals surface area contributed by atoms with Gasteiger partial charge in [-0.05, 0) is 58.9 Å². The number of hydrogen-bond donors (Lipinski definition) is 1. The van der Waals surface area contributed by atoms with Crippen molar-refractivity contribution in [2.75, 3.05) is 17.7 Å². The minimum Gasteiger partial charge on any atom is -0.494 e. The fourth-order valence-corrected chi connectivity index (χ4v) is 5.06. The number of nitrogens with one attached hydrogen (secondary N) is 1. The fourth-order valence-electron chi connectivity index (χ4n) is 3.53. The first-order valence-electron chi connectivity index (χ1n) is 11.0. The minimum absolute atomic E-state index is 0.110. The summed E-state index contributed by atoms with van der Waals surface area (Å²) in [5, 5.41) is 15.5. The van der Waals surface area contributed by atoms with Crippen LogP contribution in [0, 0.1) is 0 Å². The Morgan fingerprint density at radius 3 is 2.52 bits per heavy atom. The highest BCUT2D eigenvalue weighted by Crippen LogP contribution is 2.25. The van der Waals surface area contributed by atoms with Gasteiger partial charge in [0.25, 0.3) is 0 Å². The molecule has 0 bridgehead atoms. The molecule has 0 fully saturated rings. The van der Waals surface area contributed by atoms with Crippen molar-refractivity contribution < 1.29 is 9.53 Å². The Morgan fingerprint density at radius 1 is 1.18 bits per heavy atom. The normalized spacial score (nSPS) is 11.3. The van der Waals surface area contributed by atoms with Crippen molar-refractivity contribution in [3.05, 3.63) is 41.2 Å². The SMILES string of the molecule is CCOc1ccc(Nc2nc(Cc3nnc(SCC(=O)N(C(C)C)C(C)C)n3C)cs2)cc1. The Morgan fingerprint density at radius 2 is 1.88 bits per heavy atom. The number of aromatic nitrogens is 4. The summed E-state index contributed by atoms with van der Waals surface area (Å²) in [6.45, 7) is 10.8. The molecule has 3 aromatic rings. The number of thiazole rings is 1. The molecule has 33 heavy (non-hydrogen) atoms. The van der Waals surface area contributed by atoms with E-state index in [1.165, 1.54) is 11.8 Å². The molecule has 0 spiro atoms. The molecule has 178 valence electrons. The van der Waals surface area contributed by atoms with E-state index in [2.05, 4.69) is 20.5 Å². The topological polar surface area (TPSA) is 85.2 Å². The summed E-state index contributed by atoms with van der Waals surface area (Å²) in [4.78, 5) is 19.2. The van der Waals surface area contributed by atoms with Crippen molar-refractivity contribution in [1.82, 2.24) is 24.6 Å². The van der Waals surface area contributed by atoms with E-state index in [1.54, 1.807) is 11.3 Å². The molecule has 0 aliphatic heterocycles. The predicted molar refractivity (Wildman–Crippen MR) is 135 cm³/mol.